The van der Waals surface area contributed by atoms with Crippen LogP contribution >= 0.6 is 11.3 Å². The van der Waals surface area contributed by atoms with E-state index in [0.717, 1.165) is 16.9 Å². The number of nitrogens with zero attached hydrogens (tertiary/aromatic N) is 2. The summed E-state index contributed by atoms with van der Waals surface area (Å²) in [5, 5.41) is 9.93. The first-order valence-corrected chi connectivity index (χ1v) is 10.3. The Kier molecular flexibility index (Phi) is 6.68. The molecule has 1 atom stereocenters. The van der Waals surface area contributed by atoms with Crippen molar-refractivity contribution < 1.29 is 17.9 Å². The van der Waals surface area contributed by atoms with E-state index in [9.17, 15) is 13.2 Å². The van der Waals surface area contributed by atoms with Gasteiger partial charge in [-0.3, -0.25) is 4.79 Å². The molecular formula is C16H22N4O4S2. The second-order valence-electron chi connectivity index (χ2n) is 6.13. The lowest BCUT2D eigenvalue weighted by atomic mass is 9.98. The van der Waals surface area contributed by atoms with E-state index in [4.69, 9.17) is 4.74 Å². The lowest BCUT2D eigenvalue weighted by Gasteiger charge is -2.20. The van der Waals surface area contributed by atoms with Gasteiger partial charge in [0.1, 0.15) is 5.75 Å². The van der Waals surface area contributed by atoms with Gasteiger partial charge in [-0.1, -0.05) is 37.3 Å². The van der Waals surface area contributed by atoms with Gasteiger partial charge in [0, 0.05) is 13.0 Å². The smallest absolute Gasteiger partial charge is 0.270 e. The first-order valence-electron chi connectivity index (χ1n) is 7.98. The van der Waals surface area contributed by atoms with Gasteiger partial charge in [0.15, 0.2) is 0 Å². The summed E-state index contributed by atoms with van der Waals surface area (Å²) in [6, 6.07) is 6.82. The Morgan fingerprint density at radius 3 is 2.42 bits per heavy atom. The highest BCUT2D eigenvalue weighted by molar-refractivity contribution is 7.91. The molecule has 0 aliphatic carbocycles. The first kappa shape index (κ1) is 20.3. The van der Waals surface area contributed by atoms with E-state index in [2.05, 4.69) is 20.2 Å². The molecule has 26 heavy (non-hydrogen) atoms. The van der Waals surface area contributed by atoms with Gasteiger partial charge in [-0.2, -0.15) is 0 Å². The fraction of sp³-hybridized carbons (Fsp3) is 0.438. The summed E-state index contributed by atoms with van der Waals surface area (Å²) in [4.78, 5) is 11.1. The largest absolute Gasteiger partial charge is 0.497 e. The van der Waals surface area contributed by atoms with E-state index < -0.39 is 16.1 Å². The van der Waals surface area contributed by atoms with E-state index in [0.29, 0.717) is 12.2 Å². The number of sulfonamides is 1. The maximum absolute atomic E-state index is 12.7. The number of rotatable bonds is 8. The Bertz CT molecular complexity index is 847. The number of carbonyl (C=O) groups is 1. The Hall–Kier alpha value is -2.04. The van der Waals surface area contributed by atoms with Crippen LogP contribution < -0.4 is 14.8 Å². The predicted molar refractivity (Wildman–Crippen MR) is 99.7 cm³/mol. The zero-order valence-electron chi connectivity index (χ0n) is 15.0. The van der Waals surface area contributed by atoms with Crippen LogP contribution in [0.1, 0.15) is 38.8 Å². The molecule has 1 aromatic carbocycles. The minimum atomic E-state index is -3.87. The van der Waals surface area contributed by atoms with Gasteiger partial charge < -0.3 is 10.1 Å². The second kappa shape index (κ2) is 8.56. The zero-order valence-corrected chi connectivity index (χ0v) is 16.6. The van der Waals surface area contributed by atoms with E-state index in [-0.39, 0.29) is 21.3 Å². The van der Waals surface area contributed by atoms with Crippen LogP contribution in [0.2, 0.25) is 0 Å². The molecule has 1 aromatic heterocycles. The zero-order chi connectivity index (χ0) is 19.3. The number of hydrogen-bond donors (Lipinski definition) is 2. The van der Waals surface area contributed by atoms with Gasteiger partial charge in [-0.05, 0) is 30.0 Å². The molecule has 0 fully saturated rings. The van der Waals surface area contributed by atoms with Crippen molar-refractivity contribution in [1.29, 1.82) is 0 Å². The third-order valence-electron chi connectivity index (χ3n) is 3.44. The normalized spacial score (nSPS) is 12.8. The summed E-state index contributed by atoms with van der Waals surface area (Å²) in [5.41, 5.74) is 0.828. The number of anilines is 1. The number of benzene rings is 1. The monoisotopic (exact) mass is 398 g/mol. The van der Waals surface area contributed by atoms with Crippen molar-refractivity contribution in [2.45, 2.75) is 37.6 Å². The minimum absolute atomic E-state index is 0.141. The standard InChI is InChI=1S/C16H22N4O4S2/c1-10(2)9-14(12-5-7-13(24-4)8-6-12)20-26(22,23)16-19-18-15(25-16)17-11(3)21/h5-8,10,14,20H,9H2,1-4H3,(H,17,18,21)/t14-/m0/s1. The van der Waals surface area contributed by atoms with Crippen LogP contribution in [0.25, 0.3) is 0 Å². The molecule has 2 rings (SSSR count). The van der Waals surface area contributed by atoms with Crippen LogP contribution in [-0.2, 0) is 14.8 Å². The fourth-order valence-corrected chi connectivity index (χ4v) is 4.52. The van der Waals surface area contributed by atoms with E-state index >= 15 is 0 Å². The number of carbonyl (C=O) groups excluding carboxylic acids is 1. The maximum atomic E-state index is 12.7. The molecule has 0 aliphatic heterocycles. The summed E-state index contributed by atoms with van der Waals surface area (Å²) in [6.45, 7) is 5.35. The van der Waals surface area contributed by atoms with Crippen LogP contribution in [-0.4, -0.2) is 31.6 Å². The highest BCUT2D eigenvalue weighted by Crippen LogP contribution is 2.27. The van der Waals surface area contributed by atoms with Gasteiger partial charge in [0.05, 0.1) is 7.11 Å². The van der Waals surface area contributed by atoms with Gasteiger partial charge in [0.25, 0.3) is 10.0 Å². The van der Waals surface area contributed by atoms with E-state index in [1.165, 1.54) is 6.92 Å². The lowest BCUT2D eigenvalue weighted by Crippen LogP contribution is -2.29. The molecule has 142 valence electrons. The summed E-state index contributed by atoms with van der Waals surface area (Å²) in [7, 11) is -2.30. The Balaban J connectivity index is 2.25. The topological polar surface area (TPSA) is 110 Å². The highest BCUT2D eigenvalue weighted by Gasteiger charge is 2.26. The van der Waals surface area contributed by atoms with Crippen LogP contribution in [0.4, 0.5) is 5.13 Å². The lowest BCUT2D eigenvalue weighted by molar-refractivity contribution is -0.114. The Morgan fingerprint density at radius 1 is 1.23 bits per heavy atom. The molecule has 0 radical (unpaired) electrons. The summed E-state index contributed by atoms with van der Waals surface area (Å²) < 4.78 is 33.0. The molecule has 0 bridgehead atoms. The van der Waals surface area contributed by atoms with Gasteiger partial charge >= 0.3 is 0 Å². The van der Waals surface area contributed by atoms with Crippen molar-refractivity contribution in [2.75, 3.05) is 12.4 Å². The number of aromatic nitrogens is 2. The molecule has 0 saturated carbocycles. The molecule has 0 saturated heterocycles. The average Bonchev–Trinajstić information content (AvgIpc) is 3.02. The third kappa shape index (κ3) is 5.48. The maximum Gasteiger partial charge on any atom is 0.270 e. The van der Waals surface area contributed by atoms with Crippen molar-refractivity contribution in [3.05, 3.63) is 29.8 Å². The Morgan fingerprint density at radius 2 is 1.88 bits per heavy atom. The van der Waals surface area contributed by atoms with E-state index in [1.54, 1.807) is 19.2 Å². The molecule has 10 heteroatoms. The van der Waals surface area contributed by atoms with Crippen LogP contribution in [0.3, 0.4) is 0 Å². The second-order valence-corrected chi connectivity index (χ2v) is 9.00. The average molecular weight is 399 g/mol. The van der Waals surface area contributed by atoms with Crippen LogP contribution in [0, 0.1) is 5.92 Å². The van der Waals surface area contributed by atoms with Gasteiger partial charge in [-0.25, -0.2) is 13.1 Å². The highest BCUT2D eigenvalue weighted by atomic mass is 32.2. The van der Waals surface area contributed by atoms with Crippen LogP contribution in [0.5, 0.6) is 5.75 Å². The minimum Gasteiger partial charge on any atom is -0.497 e. The molecule has 0 unspecified atom stereocenters. The summed E-state index contributed by atoms with van der Waals surface area (Å²) >= 11 is 0.806. The van der Waals surface area contributed by atoms with Crippen LogP contribution in [0.15, 0.2) is 28.6 Å². The molecule has 2 N–H and O–H groups in total. The summed E-state index contributed by atoms with van der Waals surface area (Å²) in [6.07, 6.45) is 0.614. The molecule has 0 spiro atoms. The van der Waals surface area contributed by atoms with Crippen molar-refractivity contribution in [1.82, 2.24) is 14.9 Å². The Labute approximate surface area is 157 Å². The molecule has 1 heterocycles. The first-order chi connectivity index (χ1) is 12.2. The number of methoxy groups -OCH3 is 1. The van der Waals surface area contributed by atoms with Gasteiger partial charge in [-0.15, -0.1) is 10.2 Å². The molecule has 8 nitrogen and oxygen atoms in total. The number of hydrogen-bond acceptors (Lipinski definition) is 7. The van der Waals surface area contributed by atoms with Crippen molar-refractivity contribution >= 4 is 32.4 Å². The molecule has 0 aliphatic rings. The molecule has 1 amide bonds. The number of nitrogens with one attached hydrogen (secondary N) is 2. The predicted octanol–water partition coefficient (Wildman–Crippen LogP) is 2.57. The molecular weight excluding hydrogens is 376 g/mol. The third-order valence-corrected chi connectivity index (χ3v) is 6.12. The van der Waals surface area contributed by atoms with E-state index in [1.807, 2.05) is 26.0 Å². The summed E-state index contributed by atoms with van der Waals surface area (Å²) in [5.74, 6) is 0.632. The van der Waals surface area contributed by atoms with Crippen molar-refractivity contribution in [3.8, 4) is 5.75 Å². The SMILES string of the molecule is COc1ccc([C@H](CC(C)C)NS(=O)(=O)c2nnc(NC(C)=O)s2)cc1. The fourth-order valence-electron chi connectivity index (χ4n) is 2.32. The molecule has 2 aromatic rings. The number of amides is 1. The number of ether oxygens (including phenoxy) is 1. The van der Waals surface area contributed by atoms with Crippen molar-refractivity contribution in [3.63, 3.8) is 0 Å². The quantitative estimate of drug-likeness (QED) is 0.661. The van der Waals surface area contributed by atoms with Crippen molar-refractivity contribution in [2.24, 2.45) is 5.92 Å². The van der Waals surface area contributed by atoms with Gasteiger partial charge in [0.2, 0.25) is 15.4 Å².